The van der Waals surface area contributed by atoms with Gasteiger partial charge < -0.3 is 0 Å². The molecule has 4 heterocycles. The van der Waals surface area contributed by atoms with Crippen molar-refractivity contribution in [3.8, 4) is 0 Å². The predicted octanol–water partition coefficient (Wildman–Crippen LogP) is 7.51. The molecule has 0 bridgehead atoms. The zero-order valence-corrected chi connectivity index (χ0v) is 26.9. The molecule has 7 aromatic rings. The normalized spacial score (nSPS) is 16.0. The van der Waals surface area contributed by atoms with Gasteiger partial charge in [-0.1, -0.05) is 0 Å². The Morgan fingerprint density at radius 3 is 2.24 bits per heavy atom. The molecule has 0 radical (unpaired) electrons. The van der Waals surface area contributed by atoms with Crippen LogP contribution in [0.3, 0.4) is 0 Å². The average molecular weight is 769 g/mol. The molecule has 1 unspecified atom stereocenters. The molecule has 0 aliphatic carbocycles. The maximum absolute atomic E-state index is 5.31. The van der Waals surface area contributed by atoms with Gasteiger partial charge in [-0.25, -0.2) is 0 Å². The third-order valence-electron chi connectivity index (χ3n) is 8.05. The van der Waals surface area contributed by atoms with Gasteiger partial charge >= 0.3 is 255 Å². The Morgan fingerprint density at radius 2 is 1.39 bits per heavy atom. The van der Waals surface area contributed by atoms with Crippen LogP contribution in [0.1, 0.15) is 28.4 Å². The van der Waals surface area contributed by atoms with Crippen molar-refractivity contribution in [1.82, 2.24) is 9.88 Å². The van der Waals surface area contributed by atoms with Crippen LogP contribution < -0.4 is 5.32 Å². The van der Waals surface area contributed by atoms with Gasteiger partial charge in [-0.05, 0) is 0 Å². The van der Waals surface area contributed by atoms with E-state index in [1.165, 1.54) is 47.6 Å². The van der Waals surface area contributed by atoms with Gasteiger partial charge in [-0.2, -0.15) is 0 Å². The van der Waals surface area contributed by atoms with Gasteiger partial charge in [0.15, 0.2) is 0 Å². The second-order valence-electron chi connectivity index (χ2n) is 10.4. The van der Waals surface area contributed by atoms with E-state index in [1.807, 2.05) is 23.5 Å². The number of rotatable bonds is 2. The standard InChI is InChI=1S/C35H22N4S.U/c1-21-22(2)32-30(26-18-10-12-20-28(26)40-32)31-29(21)25-17-9-11-19-27(25)39(31)35-37-33(23-13-5-3-6-14-23)36-34(38-35)24-15-7-4-8-16-24;/h1-20,33H,(H,36,37,38);. The molecule has 6 heteroatoms. The first-order valence-corrected chi connectivity index (χ1v) is 19.3. The monoisotopic (exact) mass is 768 g/mol. The van der Waals surface area contributed by atoms with Crippen LogP contribution in [-0.4, -0.2) is 22.4 Å². The number of aliphatic imine (C=N–C) groups is 2. The Hall–Kier alpha value is -3.95. The number of hydrogen-bond donors (Lipinski definition) is 1. The van der Waals surface area contributed by atoms with Gasteiger partial charge in [0.05, 0.1) is 0 Å². The zero-order chi connectivity index (χ0) is 26.9. The van der Waals surface area contributed by atoms with E-state index in [9.17, 15) is 0 Å². The summed E-state index contributed by atoms with van der Waals surface area (Å²) in [6.07, 6.45) is -0.348. The quantitative estimate of drug-likeness (QED) is 0.195. The Labute approximate surface area is 253 Å². The molecule has 0 spiro atoms. The van der Waals surface area contributed by atoms with E-state index in [2.05, 4.69) is 113 Å². The molecule has 0 amide bonds. The summed E-state index contributed by atoms with van der Waals surface area (Å²) >= 11 is 0.830. The summed E-state index contributed by atoms with van der Waals surface area (Å²) in [6, 6.07) is 38.5. The SMILES string of the molecule is [CH]1=[U]=[CH]c2c1c1sc3ccccc3c1c1c2c2ccccc2n1C1=NC(c2ccccc2)N=C(c2ccccc2)N1. The Kier molecular flexibility index (Phi) is 5.38. The van der Waals surface area contributed by atoms with Crippen molar-refractivity contribution in [3.63, 3.8) is 0 Å². The Bertz CT molecular complexity index is 2320. The second kappa shape index (κ2) is 9.29. The van der Waals surface area contributed by atoms with Crippen LogP contribution in [0.15, 0.2) is 119 Å². The molecule has 2 aliphatic heterocycles. The molecule has 0 saturated carbocycles. The molecule has 2 aliphatic rings. The van der Waals surface area contributed by atoms with Gasteiger partial charge in [-0.15, -0.1) is 0 Å². The summed E-state index contributed by atoms with van der Waals surface area (Å²) < 4.78 is 10.3. The molecule has 5 aromatic carbocycles. The van der Waals surface area contributed by atoms with Crippen LogP contribution in [0.25, 0.3) is 42.0 Å². The minimum absolute atomic E-state index is 0.348. The van der Waals surface area contributed by atoms with Gasteiger partial charge in [0.1, 0.15) is 0 Å². The third kappa shape index (κ3) is 3.58. The van der Waals surface area contributed by atoms with E-state index >= 15 is 0 Å². The molecule has 41 heavy (non-hydrogen) atoms. The topological polar surface area (TPSA) is 41.7 Å². The first-order chi connectivity index (χ1) is 20.3. The van der Waals surface area contributed by atoms with Crippen LogP contribution in [0.5, 0.6) is 0 Å². The minimum atomic E-state index is -1.10. The Balaban J connectivity index is 1.42. The fourth-order valence-corrected chi connectivity index (χ4v) is 12.2. The van der Waals surface area contributed by atoms with Crippen LogP contribution in [0.2, 0.25) is 0 Å². The molecule has 0 fully saturated rings. The number of para-hydroxylation sites is 1. The fraction of sp³-hybridized carbons (Fsp3) is 0.0286. The molecule has 9 rings (SSSR count). The summed E-state index contributed by atoms with van der Waals surface area (Å²) in [5.74, 6) is 1.64. The van der Waals surface area contributed by atoms with Crippen LogP contribution >= 0.6 is 11.3 Å². The summed E-state index contributed by atoms with van der Waals surface area (Å²) in [7, 11) is 0. The number of fused-ring (bicyclic) bond motifs is 10. The van der Waals surface area contributed by atoms with Crippen molar-refractivity contribution >= 4 is 71.2 Å². The summed E-state index contributed by atoms with van der Waals surface area (Å²) in [4.78, 5) is 10.4. The number of nitrogens with zero attached hydrogens (tertiary/aromatic N) is 3. The maximum atomic E-state index is 5.31. The van der Waals surface area contributed by atoms with E-state index in [4.69, 9.17) is 9.98 Å². The molecular formula is C35H22N4SU. The van der Waals surface area contributed by atoms with E-state index in [-0.39, 0.29) is 6.17 Å². The molecule has 4 nitrogen and oxygen atoms in total. The molecule has 2 aromatic heterocycles. The third-order valence-corrected chi connectivity index (χ3v) is 13.0. The predicted molar refractivity (Wildman–Crippen MR) is 171 cm³/mol. The van der Waals surface area contributed by atoms with Crippen LogP contribution in [0, 0.1) is 26.7 Å². The van der Waals surface area contributed by atoms with E-state index in [0.29, 0.717) is 0 Å². The number of amidine groups is 1. The summed E-state index contributed by atoms with van der Waals surface area (Å²) in [5.41, 5.74) is 7.41. The molecule has 1 atom stereocenters. The van der Waals surface area contributed by atoms with Crippen LogP contribution in [0.4, 0.5) is 0 Å². The zero-order valence-electron chi connectivity index (χ0n) is 21.9. The van der Waals surface area contributed by atoms with Gasteiger partial charge in [0, 0.05) is 0 Å². The average Bonchev–Trinajstić information content (AvgIpc) is 3.75. The Morgan fingerprint density at radius 1 is 0.683 bits per heavy atom. The van der Waals surface area contributed by atoms with Gasteiger partial charge in [-0.3, -0.25) is 0 Å². The van der Waals surface area contributed by atoms with E-state index in [0.717, 1.165) is 28.4 Å². The molecule has 192 valence electrons. The van der Waals surface area contributed by atoms with Gasteiger partial charge in [0.25, 0.3) is 0 Å². The van der Waals surface area contributed by atoms with Crippen molar-refractivity contribution < 1.29 is 26.7 Å². The molecule has 1 N–H and O–H groups in total. The number of hydrogen-bond acceptors (Lipinski definition) is 4. The summed E-state index contributed by atoms with van der Waals surface area (Å²) in [5, 5.41) is 8.96. The van der Waals surface area contributed by atoms with Crippen molar-refractivity contribution in [2.45, 2.75) is 6.17 Å². The van der Waals surface area contributed by atoms with Crippen LogP contribution in [-0.2, 0) is 0 Å². The molecular weight excluding hydrogens is 747 g/mol. The summed E-state index contributed by atoms with van der Waals surface area (Å²) in [6.45, 7) is 0. The van der Waals surface area contributed by atoms with Crippen molar-refractivity contribution in [1.29, 1.82) is 0 Å². The van der Waals surface area contributed by atoms with E-state index in [1.54, 1.807) is 0 Å². The van der Waals surface area contributed by atoms with Crippen molar-refractivity contribution in [3.05, 3.63) is 131 Å². The fourth-order valence-electron chi connectivity index (χ4n) is 6.27. The van der Waals surface area contributed by atoms with Crippen molar-refractivity contribution in [2.75, 3.05) is 0 Å². The first-order valence-electron chi connectivity index (χ1n) is 13.7. The number of benzene rings is 5. The van der Waals surface area contributed by atoms with Gasteiger partial charge in [0.2, 0.25) is 0 Å². The number of nitrogens with one attached hydrogen (secondary N) is 1. The first kappa shape index (κ1) is 23.7. The molecule has 0 saturated heterocycles. The number of thiophene rings is 1. The van der Waals surface area contributed by atoms with Crippen molar-refractivity contribution in [2.24, 2.45) is 9.98 Å². The second-order valence-corrected chi connectivity index (χ2v) is 15.2. The number of aromatic nitrogens is 1. The van der Waals surface area contributed by atoms with E-state index < -0.39 is 26.7 Å².